The van der Waals surface area contributed by atoms with Crippen molar-refractivity contribution >= 4 is 23.3 Å². The van der Waals surface area contributed by atoms with Gasteiger partial charge in [0.1, 0.15) is 5.82 Å². The Morgan fingerprint density at radius 1 is 1.53 bits per heavy atom. The van der Waals surface area contributed by atoms with Crippen LogP contribution in [-0.2, 0) is 18.2 Å². The third-order valence-electron chi connectivity index (χ3n) is 2.71. The van der Waals surface area contributed by atoms with Crippen LogP contribution in [0.25, 0.3) is 0 Å². The van der Waals surface area contributed by atoms with Crippen molar-refractivity contribution in [1.29, 1.82) is 0 Å². The summed E-state index contributed by atoms with van der Waals surface area (Å²) in [6, 6.07) is 4.67. The molecule has 0 amide bonds. The highest BCUT2D eigenvalue weighted by Gasteiger charge is 2.09. The first kappa shape index (κ1) is 13.4. The number of aromatic nitrogens is 2. The van der Waals surface area contributed by atoms with Crippen molar-refractivity contribution in [2.45, 2.75) is 6.42 Å². The maximum absolute atomic E-state index is 11.8. The number of nitrogen functional groups attached to an aromatic ring is 1. The Morgan fingerprint density at radius 3 is 2.95 bits per heavy atom. The molecular formula is C13H14ClN3O2. The summed E-state index contributed by atoms with van der Waals surface area (Å²) in [6.45, 7) is 0.270. The van der Waals surface area contributed by atoms with Gasteiger partial charge in [-0.25, -0.2) is 9.78 Å². The molecule has 0 radical (unpaired) electrons. The zero-order valence-electron chi connectivity index (χ0n) is 10.5. The quantitative estimate of drug-likeness (QED) is 0.687. The highest BCUT2D eigenvalue weighted by atomic mass is 35.5. The standard InChI is InChI=1S/C13H14ClN3O2/c1-17-6-5-16-12(17)4-7-19-13(18)9-2-3-10(14)11(15)8-9/h2-3,5-6,8H,4,7,15H2,1H3. The molecule has 0 atom stereocenters. The second-order valence-corrected chi connectivity index (χ2v) is 4.48. The number of rotatable bonds is 4. The Balaban J connectivity index is 1.91. The SMILES string of the molecule is Cn1ccnc1CCOC(=O)c1ccc(Cl)c(N)c1. The van der Waals surface area contributed by atoms with E-state index in [9.17, 15) is 4.79 Å². The van der Waals surface area contributed by atoms with Crippen molar-refractivity contribution in [2.24, 2.45) is 7.05 Å². The Hall–Kier alpha value is -2.01. The van der Waals surface area contributed by atoms with Gasteiger partial charge in [-0.05, 0) is 18.2 Å². The Kier molecular flexibility index (Phi) is 4.06. The van der Waals surface area contributed by atoms with Crippen molar-refractivity contribution in [3.05, 3.63) is 47.0 Å². The summed E-state index contributed by atoms with van der Waals surface area (Å²) in [5, 5.41) is 0.421. The number of nitrogens with zero attached hydrogens (tertiary/aromatic N) is 2. The average molecular weight is 280 g/mol. The Morgan fingerprint density at radius 2 is 2.32 bits per heavy atom. The van der Waals surface area contributed by atoms with Crippen LogP contribution in [0.5, 0.6) is 0 Å². The first-order valence-corrected chi connectivity index (χ1v) is 6.14. The number of hydrogen-bond donors (Lipinski definition) is 1. The van der Waals surface area contributed by atoms with Gasteiger partial charge in [0.25, 0.3) is 0 Å². The molecule has 19 heavy (non-hydrogen) atoms. The van der Waals surface area contributed by atoms with E-state index in [2.05, 4.69) is 4.98 Å². The molecule has 0 saturated carbocycles. The smallest absolute Gasteiger partial charge is 0.338 e. The van der Waals surface area contributed by atoms with E-state index in [0.717, 1.165) is 5.82 Å². The number of carbonyl (C=O) groups is 1. The molecule has 6 heteroatoms. The molecular weight excluding hydrogens is 266 g/mol. The van der Waals surface area contributed by atoms with E-state index < -0.39 is 5.97 Å². The lowest BCUT2D eigenvalue weighted by atomic mass is 10.2. The van der Waals surface area contributed by atoms with Crippen molar-refractivity contribution in [3.8, 4) is 0 Å². The predicted octanol–water partition coefficient (Wildman–Crippen LogP) is 2.06. The molecule has 0 bridgehead atoms. The van der Waals surface area contributed by atoms with Gasteiger partial charge in [-0.15, -0.1) is 0 Å². The normalized spacial score (nSPS) is 10.4. The van der Waals surface area contributed by atoms with E-state index in [-0.39, 0.29) is 6.61 Å². The van der Waals surface area contributed by atoms with Gasteiger partial charge in [0, 0.05) is 25.9 Å². The highest BCUT2D eigenvalue weighted by Crippen LogP contribution is 2.19. The highest BCUT2D eigenvalue weighted by molar-refractivity contribution is 6.33. The number of anilines is 1. The van der Waals surface area contributed by atoms with Crippen molar-refractivity contribution in [3.63, 3.8) is 0 Å². The Labute approximate surface area is 116 Å². The molecule has 0 unspecified atom stereocenters. The second-order valence-electron chi connectivity index (χ2n) is 4.08. The van der Waals surface area contributed by atoms with E-state index in [4.69, 9.17) is 22.1 Å². The number of ether oxygens (including phenoxy) is 1. The lowest BCUT2D eigenvalue weighted by molar-refractivity contribution is 0.0507. The second kappa shape index (κ2) is 5.75. The predicted molar refractivity (Wildman–Crippen MR) is 73.1 cm³/mol. The van der Waals surface area contributed by atoms with Crippen LogP contribution >= 0.6 is 11.6 Å². The third kappa shape index (κ3) is 3.26. The molecule has 1 aromatic carbocycles. The fourth-order valence-electron chi connectivity index (χ4n) is 1.63. The van der Waals surface area contributed by atoms with Gasteiger partial charge in [0.15, 0.2) is 0 Å². The lowest BCUT2D eigenvalue weighted by Crippen LogP contribution is -2.10. The molecule has 0 aliphatic carbocycles. The van der Waals surface area contributed by atoms with Crippen LogP contribution in [0.4, 0.5) is 5.69 Å². The van der Waals surface area contributed by atoms with E-state index in [1.807, 2.05) is 17.8 Å². The van der Waals surface area contributed by atoms with Crippen LogP contribution in [0.1, 0.15) is 16.2 Å². The van der Waals surface area contributed by atoms with Crippen LogP contribution < -0.4 is 5.73 Å². The molecule has 1 aromatic heterocycles. The number of hydrogen-bond acceptors (Lipinski definition) is 4. The first-order valence-electron chi connectivity index (χ1n) is 5.76. The molecule has 0 saturated heterocycles. The molecule has 0 spiro atoms. The first-order chi connectivity index (χ1) is 9.08. The summed E-state index contributed by atoms with van der Waals surface area (Å²) < 4.78 is 7.04. The maximum atomic E-state index is 11.8. The fraction of sp³-hybridized carbons (Fsp3) is 0.231. The van der Waals surface area contributed by atoms with E-state index >= 15 is 0 Å². The maximum Gasteiger partial charge on any atom is 0.338 e. The van der Waals surface area contributed by atoms with Crippen LogP contribution in [-0.4, -0.2) is 22.1 Å². The van der Waals surface area contributed by atoms with Crippen LogP contribution in [0, 0.1) is 0 Å². The van der Waals surface area contributed by atoms with Gasteiger partial charge in [-0.2, -0.15) is 0 Å². The molecule has 0 aliphatic heterocycles. The van der Waals surface area contributed by atoms with Gasteiger partial charge in [-0.1, -0.05) is 11.6 Å². The van der Waals surface area contributed by atoms with E-state index in [0.29, 0.717) is 22.7 Å². The molecule has 1 heterocycles. The molecule has 0 fully saturated rings. The number of aryl methyl sites for hydroxylation is 1. The van der Waals surface area contributed by atoms with Gasteiger partial charge >= 0.3 is 5.97 Å². The fourth-order valence-corrected chi connectivity index (χ4v) is 1.74. The zero-order valence-corrected chi connectivity index (χ0v) is 11.2. The monoisotopic (exact) mass is 279 g/mol. The Bertz CT molecular complexity index is 595. The molecule has 2 N–H and O–H groups in total. The van der Waals surface area contributed by atoms with E-state index in [1.54, 1.807) is 18.3 Å². The van der Waals surface area contributed by atoms with Crippen LogP contribution in [0.3, 0.4) is 0 Å². The van der Waals surface area contributed by atoms with Crippen LogP contribution in [0.15, 0.2) is 30.6 Å². The minimum absolute atomic E-state index is 0.270. The number of halogens is 1. The summed E-state index contributed by atoms with van der Waals surface area (Å²) in [7, 11) is 1.89. The van der Waals surface area contributed by atoms with Crippen LogP contribution in [0.2, 0.25) is 5.02 Å². The minimum atomic E-state index is -0.419. The molecule has 100 valence electrons. The summed E-state index contributed by atoms with van der Waals surface area (Å²) in [5.74, 6) is 0.445. The summed E-state index contributed by atoms with van der Waals surface area (Å²) in [5.41, 5.74) is 6.38. The summed E-state index contributed by atoms with van der Waals surface area (Å²) in [4.78, 5) is 15.9. The summed E-state index contributed by atoms with van der Waals surface area (Å²) in [6.07, 6.45) is 4.12. The van der Waals surface area contributed by atoms with Gasteiger partial charge in [0.05, 0.1) is 22.9 Å². The number of imidazole rings is 1. The molecule has 5 nitrogen and oxygen atoms in total. The van der Waals surface area contributed by atoms with E-state index in [1.165, 1.54) is 6.07 Å². The third-order valence-corrected chi connectivity index (χ3v) is 3.06. The average Bonchev–Trinajstić information content (AvgIpc) is 2.78. The molecule has 0 aliphatic rings. The molecule has 2 rings (SSSR count). The number of benzene rings is 1. The summed E-state index contributed by atoms with van der Waals surface area (Å²) >= 11 is 5.79. The number of esters is 1. The van der Waals surface area contributed by atoms with Gasteiger partial charge < -0.3 is 15.0 Å². The van der Waals surface area contributed by atoms with Gasteiger partial charge in [-0.3, -0.25) is 0 Å². The minimum Gasteiger partial charge on any atom is -0.462 e. The van der Waals surface area contributed by atoms with Crippen molar-refractivity contribution < 1.29 is 9.53 Å². The van der Waals surface area contributed by atoms with Gasteiger partial charge in [0.2, 0.25) is 0 Å². The number of nitrogens with two attached hydrogens (primary N) is 1. The topological polar surface area (TPSA) is 70.1 Å². The lowest BCUT2D eigenvalue weighted by Gasteiger charge is -2.06. The largest absolute Gasteiger partial charge is 0.462 e. The van der Waals surface area contributed by atoms with Crippen molar-refractivity contribution in [2.75, 3.05) is 12.3 Å². The zero-order chi connectivity index (χ0) is 13.8. The molecule has 2 aromatic rings. The number of carbonyl (C=O) groups excluding carboxylic acids is 1. The van der Waals surface area contributed by atoms with Crippen molar-refractivity contribution in [1.82, 2.24) is 9.55 Å².